The van der Waals surface area contributed by atoms with E-state index in [9.17, 15) is 18.0 Å². The summed E-state index contributed by atoms with van der Waals surface area (Å²) >= 11 is 0. The lowest BCUT2D eigenvalue weighted by atomic mass is 10.1. The van der Waals surface area contributed by atoms with Crippen molar-refractivity contribution in [1.29, 1.82) is 0 Å². The van der Waals surface area contributed by atoms with Gasteiger partial charge >= 0.3 is 6.18 Å². The predicted molar refractivity (Wildman–Crippen MR) is 55.2 cm³/mol. The molecule has 1 aromatic heterocycles. The predicted octanol–water partition coefficient (Wildman–Crippen LogP) is 3.01. The lowest BCUT2D eigenvalue weighted by Crippen LogP contribution is -2.05. The molecule has 0 aliphatic heterocycles. The van der Waals surface area contributed by atoms with E-state index in [0.29, 0.717) is 6.29 Å². The topological polar surface area (TPSA) is 42.1 Å². The maximum absolute atomic E-state index is 12.8. The van der Waals surface area contributed by atoms with Gasteiger partial charge in [0.1, 0.15) is 5.75 Å². The molecule has 3 nitrogen and oxygen atoms in total. The molecule has 0 fully saturated rings. The number of carbonyl (C=O) groups is 1. The smallest absolute Gasteiger partial charge is 0.417 e. The second-order valence-corrected chi connectivity index (χ2v) is 3.48. The molecule has 0 saturated carbocycles. The van der Waals surface area contributed by atoms with Gasteiger partial charge in [0.15, 0.2) is 6.29 Å². The quantitative estimate of drug-likeness (QED) is 0.824. The van der Waals surface area contributed by atoms with Crippen LogP contribution in [0, 0.1) is 0 Å². The van der Waals surface area contributed by atoms with Gasteiger partial charge in [0.05, 0.1) is 23.9 Å². The maximum Gasteiger partial charge on any atom is 0.417 e. The van der Waals surface area contributed by atoms with Crippen molar-refractivity contribution >= 4 is 17.2 Å². The first-order chi connectivity index (χ1) is 7.95. The standard InChI is InChI=1S/C11H8F3NO2/c1-17-7-3-9(11(12,13)14)8-2-6(5-16)15-10(8)4-7/h2-5,15H,1H3. The molecule has 0 atom stereocenters. The molecule has 17 heavy (non-hydrogen) atoms. The highest BCUT2D eigenvalue weighted by Gasteiger charge is 2.33. The van der Waals surface area contributed by atoms with Crippen LogP contribution >= 0.6 is 0 Å². The SMILES string of the molecule is COc1cc(C(F)(F)F)c2cc(C=O)[nH]c2c1. The summed E-state index contributed by atoms with van der Waals surface area (Å²) in [6.45, 7) is 0. The van der Waals surface area contributed by atoms with Crippen LogP contribution in [0.25, 0.3) is 10.9 Å². The van der Waals surface area contributed by atoms with Crippen molar-refractivity contribution in [1.82, 2.24) is 4.98 Å². The summed E-state index contributed by atoms with van der Waals surface area (Å²) in [7, 11) is 1.28. The van der Waals surface area contributed by atoms with Gasteiger partial charge in [0.25, 0.3) is 0 Å². The van der Waals surface area contributed by atoms with Gasteiger partial charge in [-0.2, -0.15) is 13.2 Å². The third kappa shape index (κ3) is 1.98. The molecule has 2 aromatic rings. The number of alkyl halides is 3. The number of H-pyrrole nitrogens is 1. The van der Waals surface area contributed by atoms with E-state index in [2.05, 4.69) is 4.98 Å². The molecule has 6 heteroatoms. The largest absolute Gasteiger partial charge is 0.497 e. The molecular formula is C11H8F3NO2. The Bertz CT molecular complexity index is 572. The van der Waals surface area contributed by atoms with E-state index in [1.54, 1.807) is 0 Å². The van der Waals surface area contributed by atoms with Crippen molar-refractivity contribution in [3.05, 3.63) is 29.5 Å². The van der Waals surface area contributed by atoms with Gasteiger partial charge in [0, 0.05) is 11.5 Å². The number of carbonyl (C=O) groups excluding carboxylic acids is 1. The van der Waals surface area contributed by atoms with E-state index in [0.717, 1.165) is 6.07 Å². The first kappa shape index (κ1) is 11.5. The van der Waals surface area contributed by atoms with E-state index >= 15 is 0 Å². The first-order valence-electron chi connectivity index (χ1n) is 4.69. The minimum absolute atomic E-state index is 0.0413. The third-order valence-corrected chi connectivity index (χ3v) is 2.40. The number of ether oxygens (including phenoxy) is 1. The molecule has 0 aliphatic carbocycles. The molecule has 1 N–H and O–H groups in total. The monoisotopic (exact) mass is 243 g/mol. The van der Waals surface area contributed by atoms with Crippen LogP contribution in [0.4, 0.5) is 13.2 Å². The fourth-order valence-corrected chi connectivity index (χ4v) is 1.65. The number of hydrogen-bond acceptors (Lipinski definition) is 2. The Labute approximate surface area is 94.2 Å². The molecule has 0 saturated heterocycles. The van der Waals surface area contributed by atoms with Crippen molar-refractivity contribution in [2.45, 2.75) is 6.18 Å². The Morgan fingerprint density at radius 2 is 2.00 bits per heavy atom. The molecule has 90 valence electrons. The zero-order valence-electron chi connectivity index (χ0n) is 8.76. The summed E-state index contributed by atoms with van der Waals surface area (Å²) in [6, 6.07) is 3.49. The zero-order chi connectivity index (χ0) is 12.6. The molecular weight excluding hydrogens is 235 g/mol. The third-order valence-electron chi connectivity index (χ3n) is 2.40. The number of halogens is 3. The Kier molecular flexibility index (Phi) is 2.57. The van der Waals surface area contributed by atoms with Crippen LogP contribution in [-0.2, 0) is 6.18 Å². The number of rotatable bonds is 2. The van der Waals surface area contributed by atoms with Gasteiger partial charge in [-0.25, -0.2) is 0 Å². The molecule has 1 heterocycles. The van der Waals surface area contributed by atoms with Crippen molar-refractivity contribution < 1.29 is 22.7 Å². The second-order valence-electron chi connectivity index (χ2n) is 3.48. The molecule has 0 unspecified atom stereocenters. The fourth-order valence-electron chi connectivity index (χ4n) is 1.65. The number of methoxy groups -OCH3 is 1. The average Bonchev–Trinajstić information content (AvgIpc) is 2.68. The Hall–Kier alpha value is -1.98. The van der Waals surface area contributed by atoms with Crippen molar-refractivity contribution in [2.24, 2.45) is 0 Å². The number of aldehydes is 1. The minimum atomic E-state index is -4.49. The number of benzene rings is 1. The van der Waals surface area contributed by atoms with Crippen LogP contribution in [0.2, 0.25) is 0 Å². The highest BCUT2D eigenvalue weighted by Crippen LogP contribution is 2.37. The normalized spacial score (nSPS) is 11.8. The lowest BCUT2D eigenvalue weighted by Gasteiger charge is -2.10. The number of aromatic amines is 1. The molecule has 0 aliphatic rings. The second kappa shape index (κ2) is 3.80. The van der Waals surface area contributed by atoms with Crippen LogP contribution in [0.15, 0.2) is 18.2 Å². The maximum atomic E-state index is 12.8. The van der Waals surface area contributed by atoms with Gasteiger partial charge in [-0.3, -0.25) is 4.79 Å². The zero-order valence-corrected chi connectivity index (χ0v) is 8.76. The van der Waals surface area contributed by atoms with E-state index in [1.165, 1.54) is 19.2 Å². The van der Waals surface area contributed by atoms with Gasteiger partial charge in [-0.05, 0) is 12.1 Å². The Balaban J connectivity index is 2.78. The van der Waals surface area contributed by atoms with Gasteiger partial charge in [-0.1, -0.05) is 0 Å². The van der Waals surface area contributed by atoms with Crippen LogP contribution in [0.3, 0.4) is 0 Å². The number of hydrogen-bond donors (Lipinski definition) is 1. The highest BCUT2D eigenvalue weighted by molar-refractivity contribution is 5.91. The molecule has 0 amide bonds. The molecule has 2 rings (SSSR count). The molecule has 1 aromatic carbocycles. The van der Waals surface area contributed by atoms with Gasteiger partial charge in [-0.15, -0.1) is 0 Å². The average molecular weight is 243 g/mol. The lowest BCUT2D eigenvalue weighted by molar-refractivity contribution is -0.136. The minimum Gasteiger partial charge on any atom is -0.497 e. The van der Waals surface area contributed by atoms with E-state index in [1.807, 2.05) is 0 Å². The number of nitrogens with one attached hydrogen (secondary N) is 1. The summed E-state index contributed by atoms with van der Waals surface area (Å²) in [5.41, 5.74) is -0.506. The van der Waals surface area contributed by atoms with Crippen LogP contribution in [0.5, 0.6) is 5.75 Å². The van der Waals surface area contributed by atoms with E-state index in [-0.39, 0.29) is 22.3 Å². The van der Waals surface area contributed by atoms with Crippen molar-refractivity contribution in [3.8, 4) is 5.75 Å². The molecule has 0 bridgehead atoms. The summed E-state index contributed by atoms with van der Waals surface area (Å²) in [6.07, 6.45) is -4.03. The summed E-state index contributed by atoms with van der Waals surface area (Å²) in [5.74, 6) is 0.0872. The van der Waals surface area contributed by atoms with E-state index in [4.69, 9.17) is 4.74 Å². The summed E-state index contributed by atoms with van der Waals surface area (Å²) in [5, 5.41) is -0.0413. The van der Waals surface area contributed by atoms with Gasteiger partial charge in [0.2, 0.25) is 0 Å². The molecule has 0 radical (unpaired) electrons. The first-order valence-corrected chi connectivity index (χ1v) is 4.69. The van der Waals surface area contributed by atoms with Gasteiger partial charge < -0.3 is 9.72 Å². The van der Waals surface area contributed by atoms with Crippen LogP contribution < -0.4 is 4.74 Å². The highest BCUT2D eigenvalue weighted by atomic mass is 19.4. The van der Waals surface area contributed by atoms with Crippen molar-refractivity contribution in [2.75, 3.05) is 7.11 Å². The van der Waals surface area contributed by atoms with Crippen LogP contribution in [0.1, 0.15) is 16.1 Å². The Morgan fingerprint density at radius 1 is 1.29 bits per heavy atom. The molecule has 0 spiro atoms. The summed E-state index contributed by atoms with van der Waals surface area (Å²) < 4.78 is 43.2. The number of fused-ring (bicyclic) bond motifs is 1. The van der Waals surface area contributed by atoms with Crippen LogP contribution in [-0.4, -0.2) is 18.4 Å². The van der Waals surface area contributed by atoms with Crippen molar-refractivity contribution in [3.63, 3.8) is 0 Å². The van der Waals surface area contributed by atoms with E-state index < -0.39 is 11.7 Å². The Morgan fingerprint density at radius 3 is 2.53 bits per heavy atom. The summed E-state index contributed by atoms with van der Waals surface area (Å²) in [4.78, 5) is 13.1. The fraction of sp³-hybridized carbons (Fsp3) is 0.182. The number of aromatic nitrogens is 1.